The molecule has 2 amide bonds. The number of sulfonamides is 1. The summed E-state index contributed by atoms with van der Waals surface area (Å²) in [5.74, 6) is -0.405. The van der Waals surface area contributed by atoms with Crippen LogP contribution in [-0.2, 0) is 14.8 Å². The van der Waals surface area contributed by atoms with E-state index in [0.717, 1.165) is 10.6 Å². The second-order valence-electron chi connectivity index (χ2n) is 6.92. The zero-order valence-electron chi connectivity index (χ0n) is 17.5. The molecule has 0 fully saturated rings. The Balaban J connectivity index is 2.25. The Bertz CT molecular complexity index is 1010. The van der Waals surface area contributed by atoms with Gasteiger partial charge in [-0.2, -0.15) is 0 Å². The molecule has 0 aromatic heterocycles. The molecule has 0 saturated carbocycles. The molecule has 8 nitrogen and oxygen atoms in total. The lowest BCUT2D eigenvalue weighted by Gasteiger charge is -2.22. The first-order chi connectivity index (χ1) is 14.1. The van der Waals surface area contributed by atoms with Crippen molar-refractivity contribution in [3.05, 3.63) is 54.1 Å². The summed E-state index contributed by atoms with van der Waals surface area (Å²) in [4.78, 5) is 25.0. The second-order valence-corrected chi connectivity index (χ2v) is 8.83. The fraction of sp³-hybridized carbons (Fsp3) is 0.333. The molecule has 30 heavy (non-hydrogen) atoms. The molecule has 0 aliphatic carbocycles. The first kappa shape index (κ1) is 23.2. The minimum atomic E-state index is -3.74. The third-order valence-corrected chi connectivity index (χ3v) is 5.11. The normalized spacial score (nSPS) is 11.1. The summed E-state index contributed by atoms with van der Waals surface area (Å²) in [5, 5.41) is 5.41. The molecule has 2 N–H and O–H groups in total. The van der Waals surface area contributed by atoms with Gasteiger partial charge in [0.15, 0.2) is 0 Å². The highest BCUT2D eigenvalue weighted by Crippen LogP contribution is 2.23. The predicted molar refractivity (Wildman–Crippen MR) is 117 cm³/mol. The van der Waals surface area contributed by atoms with E-state index in [2.05, 4.69) is 10.6 Å². The van der Waals surface area contributed by atoms with Gasteiger partial charge in [0.2, 0.25) is 15.9 Å². The Morgan fingerprint density at radius 2 is 1.80 bits per heavy atom. The van der Waals surface area contributed by atoms with E-state index in [1.54, 1.807) is 48.5 Å². The van der Waals surface area contributed by atoms with Crippen LogP contribution < -0.4 is 19.7 Å². The highest BCUT2D eigenvalue weighted by Gasteiger charge is 2.22. The van der Waals surface area contributed by atoms with Crippen molar-refractivity contribution in [3.63, 3.8) is 0 Å². The summed E-state index contributed by atoms with van der Waals surface area (Å²) < 4.78 is 31.1. The Labute approximate surface area is 177 Å². The predicted octanol–water partition coefficient (Wildman–Crippen LogP) is 2.63. The number of carbonyl (C=O) groups is 2. The molecule has 2 aromatic carbocycles. The topological polar surface area (TPSA) is 105 Å². The number of amides is 2. The van der Waals surface area contributed by atoms with Gasteiger partial charge in [0.05, 0.1) is 29.8 Å². The van der Waals surface area contributed by atoms with E-state index < -0.39 is 22.5 Å². The molecule has 0 spiro atoms. The monoisotopic (exact) mass is 433 g/mol. The van der Waals surface area contributed by atoms with E-state index in [4.69, 9.17) is 4.74 Å². The van der Waals surface area contributed by atoms with Gasteiger partial charge >= 0.3 is 0 Å². The Morgan fingerprint density at radius 3 is 2.43 bits per heavy atom. The fourth-order valence-electron chi connectivity index (χ4n) is 2.75. The molecule has 2 aromatic rings. The third-order valence-electron chi connectivity index (χ3n) is 3.97. The lowest BCUT2D eigenvalue weighted by Crippen LogP contribution is -2.38. The molecule has 2 rings (SSSR count). The van der Waals surface area contributed by atoms with Gasteiger partial charge in [-0.15, -0.1) is 0 Å². The second kappa shape index (κ2) is 10.1. The first-order valence-electron chi connectivity index (χ1n) is 9.52. The average Bonchev–Trinajstić information content (AvgIpc) is 2.65. The van der Waals surface area contributed by atoms with Crippen molar-refractivity contribution in [2.45, 2.75) is 26.8 Å². The quantitative estimate of drug-likeness (QED) is 0.633. The Morgan fingerprint density at radius 1 is 1.10 bits per heavy atom. The molecular weight excluding hydrogens is 406 g/mol. The largest absolute Gasteiger partial charge is 0.494 e. The average molecular weight is 434 g/mol. The SMILES string of the molecule is CCOc1cccc(N(CC(=O)Nc2ccccc2C(=O)NC(C)C)S(C)(=O)=O)c1. The summed E-state index contributed by atoms with van der Waals surface area (Å²) in [6, 6.07) is 13.0. The van der Waals surface area contributed by atoms with Gasteiger partial charge in [0, 0.05) is 12.1 Å². The van der Waals surface area contributed by atoms with Crippen LogP contribution >= 0.6 is 0 Å². The number of anilines is 2. The summed E-state index contributed by atoms with van der Waals surface area (Å²) in [6.45, 7) is 5.47. The van der Waals surface area contributed by atoms with Gasteiger partial charge in [0.25, 0.3) is 5.91 Å². The van der Waals surface area contributed by atoms with Gasteiger partial charge in [0.1, 0.15) is 12.3 Å². The van der Waals surface area contributed by atoms with Crippen LogP contribution in [-0.4, -0.2) is 45.7 Å². The van der Waals surface area contributed by atoms with E-state index in [-0.39, 0.29) is 11.9 Å². The Hall–Kier alpha value is -3.07. The van der Waals surface area contributed by atoms with Crippen molar-refractivity contribution >= 4 is 33.2 Å². The van der Waals surface area contributed by atoms with Crippen LogP contribution in [0, 0.1) is 0 Å². The standard InChI is InChI=1S/C21H27N3O5S/c1-5-29-17-10-8-9-16(13-17)24(30(4,27)28)14-20(25)23-19-12-7-6-11-18(19)21(26)22-15(2)3/h6-13,15H,5,14H2,1-4H3,(H,22,26)(H,23,25). The van der Waals surface area contributed by atoms with Crippen LogP contribution in [0.2, 0.25) is 0 Å². The summed E-state index contributed by atoms with van der Waals surface area (Å²) in [7, 11) is -3.74. The molecule has 9 heteroatoms. The van der Waals surface area contributed by atoms with Crippen LogP contribution in [0.25, 0.3) is 0 Å². The van der Waals surface area contributed by atoms with E-state index in [1.807, 2.05) is 20.8 Å². The maximum absolute atomic E-state index is 12.7. The van der Waals surface area contributed by atoms with Gasteiger partial charge in [-0.05, 0) is 45.0 Å². The van der Waals surface area contributed by atoms with Crippen LogP contribution in [0.4, 0.5) is 11.4 Å². The molecule has 0 aliphatic heterocycles. The van der Waals surface area contributed by atoms with Crippen molar-refractivity contribution in [2.24, 2.45) is 0 Å². The molecule has 0 radical (unpaired) electrons. The zero-order chi connectivity index (χ0) is 22.3. The highest BCUT2D eigenvalue weighted by molar-refractivity contribution is 7.92. The molecule has 0 heterocycles. The zero-order valence-corrected chi connectivity index (χ0v) is 18.3. The number of nitrogens with one attached hydrogen (secondary N) is 2. The fourth-order valence-corrected chi connectivity index (χ4v) is 3.59. The Kier molecular flexibility index (Phi) is 7.82. The maximum Gasteiger partial charge on any atom is 0.253 e. The van der Waals surface area contributed by atoms with Gasteiger partial charge in [-0.3, -0.25) is 13.9 Å². The summed E-state index contributed by atoms with van der Waals surface area (Å²) in [6.07, 6.45) is 1.03. The molecule has 0 atom stereocenters. The third kappa shape index (κ3) is 6.48. The number of hydrogen-bond donors (Lipinski definition) is 2. The van der Waals surface area contributed by atoms with Crippen LogP contribution in [0.5, 0.6) is 5.75 Å². The van der Waals surface area contributed by atoms with E-state index in [9.17, 15) is 18.0 Å². The van der Waals surface area contributed by atoms with Crippen molar-refractivity contribution in [2.75, 3.05) is 29.0 Å². The summed E-state index contributed by atoms with van der Waals surface area (Å²) >= 11 is 0. The number of rotatable bonds is 9. The van der Waals surface area contributed by atoms with Crippen LogP contribution in [0.3, 0.4) is 0 Å². The lowest BCUT2D eigenvalue weighted by molar-refractivity contribution is -0.114. The smallest absolute Gasteiger partial charge is 0.253 e. The highest BCUT2D eigenvalue weighted by atomic mass is 32.2. The molecular formula is C21H27N3O5S. The first-order valence-corrected chi connectivity index (χ1v) is 11.4. The van der Waals surface area contributed by atoms with E-state index in [0.29, 0.717) is 29.3 Å². The molecule has 0 aliphatic rings. The van der Waals surface area contributed by atoms with Crippen LogP contribution in [0.15, 0.2) is 48.5 Å². The number of benzene rings is 2. The van der Waals surface area contributed by atoms with E-state index in [1.165, 1.54) is 0 Å². The molecule has 162 valence electrons. The van der Waals surface area contributed by atoms with E-state index >= 15 is 0 Å². The maximum atomic E-state index is 12.7. The lowest BCUT2D eigenvalue weighted by atomic mass is 10.1. The number of nitrogens with zero attached hydrogens (tertiary/aromatic N) is 1. The van der Waals surface area contributed by atoms with Crippen molar-refractivity contribution in [1.82, 2.24) is 5.32 Å². The number of carbonyl (C=O) groups excluding carboxylic acids is 2. The van der Waals surface area contributed by atoms with Crippen molar-refractivity contribution in [1.29, 1.82) is 0 Å². The van der Waals surface area contributed by atoms with Crippen molar-refractivity contribution in [3.8, 4) is 5.75 Å². The van der Waals surface area contributed by atoms with Gasteiger partial charge in [-0.1, -0.05) is 18.2 Å². The minimum Gasteiger partial charge on any atom is -0.494 e. The van der Waals surface area contributed by atoms with Gasteiger partial charge in [-0.25, -0.2) is 8.42 Å². The minimum absolute atomic E-state index is 0.0698. The molecule has 0 unspecified atom stereocenters. The number of ether oxygens (including phenoxy) is 1. The molecule has 0 bridgehead atoms. The van der Waals surface area contributed by atoms with Crippen LogP contribution in [0.1, 0.15) is 31.1 Å². The number of hydrogen-bond acceptors (Lipinski definition) is 5. The van der Waals surface area contributed by atoms with Gasteiger partial charge < -0.3 is 15.4 Å². The van der Waals surface area contributed by atoms with Crippen molar-refractivity contribution < 1.29 is 22.7 Å². The molecule has 0 saturated heterocycles. The summed E-state index contributed by atoms with van der Waals surface area (Å²) in [5.41, 5.74) is 0.908. The number of para-hydroxylation sites is 1.